The van der Waals surface area contributed by atoms with Crippen LogP contribution in [0, 0.1) is 5.82 Å². The van der Waals surface area contributed by atoms with E-state index in [0.29, 0.717) is 5.13 Å². The molecule has 0 fully saturated rings. The van der Waals surface area contributed by atoms with Crippen LogP contribution < -0.4 is 5.32 Å². The molecule has 1 amide bonds. The molecule has 0 spiro atoms. The second-order valence-electron chi connectivity index (χ2n) is 5.22. The summed E-state index contributed by atoms with van der Waals surface area (Å²) in [5, 5.41) is 6.01. The Morgan fingerprint density at radius 1 is 1.12 bits per heavy atom. The SMILES string of the molecule is O=C(Nc1nc(-c2c[nH]c3ccccc23)cs1)c1ccccc1F. The standard InChI is InChI=1S/C18H12FN3OS/c19-14-7-3-1-6-12(14)17(23)22-18-21-16(10-24-18)13-9-20-15-8-4-2-5-11(13)15/h1-10,20H,(H,21,22,23). The lowest BCUT2D eigenvalue weighted by atomic mass is 10.1. The van der Waals surface area contributed by atoms with Gasteiger partial charge in [-0.15, -0.1) is 11.3 Å². The molecule has 6 heteroatoms. The summed E-state index contributed by atoms with van der Waals surface area (Å²) in [5.74, 6) is -1.06. The highest BCUT2D eigenvalue weighted by Gasteiger charge is 2.14. The lowest BCUT2D eigenvalue weighted by molar-refractivity contribution is 0.102. The van der Waals surface area contributed by atoms with Gasteiger partial charge >= 0.3 is 0 Å². The summed E-state index contributed by atoms with van der Waals surface area (Å²) in [6.07, 6.45) is 1.89. The summed E-state index contributed by atoms with van der Waals surface area (Å²) >= 11 is 1.31. The smallest absolute Gasteiger partial charge is 0.260 e. The Bertz CT molecular complexity index is 1040. The molecule has 0 atom stereocenters. The third-order valence-corrected chi connectivity index (χ3v) is 4.47. The molecule has 0 saturated carbocycles. The molecular weight excluding hydrogens is 325 g/mol. The average molecular weight is 337 g/mol. The highest BCUT2D eigenvalue weighted by Crippen LogP contribution is 2.31. The molecular formula is C18H12FN3OS. The second-order valence-corrected chi connectivity index (χ2v) is 6.08. The minimum Gasteiger partial charge on any atom is -0.360 e. The van der Waals surface area contributed by atoms with E-state index in [1.807, 2.05) is 35.8 Å². The fourth-order valence-corrected chi connectivity index (χ4v) is 3.25. The summed E-state index contributed by atoms with van der Waals surface area (Å²) in [5.41, 5.74) is 2.76. The van der Waals surface area contributed by atoms with Crippen LogP contribution in [0.15, 0.2) is 60.1 Å². The number of nitrogens with zero attached hydrogens (tertiary/aromatic N) is 1. The van der Waals surface area contributed by atoms with E-state index in [1.54, 1.807) is 12.1 Å². The zero-order valence-electron chi connectivity index (χ0n) is 12.4. The van der Waals surface area contributed by atoms with Gasteiger partial charge in [0.05, 0.1) is 11.3 Å². The minimum absolute atomic E-state index is 0.00124. The zero-order chi connectivity index (χ0) is 16.5. The van der Waals surface area contributed by atoms with Crippen LogP contribution in [0.4, 0.5) is 9.52 Å². The van der Waals surface area contributed by atoms with Gasteiger partial charge in [0.1, 0.15) is 5.82 Å². The maximum Gasteiger partial charge on any atom is 0.260 e. The number of thiazole rings is 1. The van der Waals surface area contributed by atoms with Crippen molar-refractivity contribution in [2.75, 3.05) is 5.32 Å². The molecule has 0 aliphatic heterocycles. The second kappa shape index (κ2) is 5.90. The molecule has 24 heavy (non-hydrogen) atoms. The monoisotopic (exact) mass is 337 g/mol. The van der Waals surface area contributed by atoms with E-state index >= 15 is 0 Å². The fourth-order valence-electron chi connectivity index (χ4n) is 2.55. The van der Waals surface area contributed by atoms with Crippen LogP contribution in [0.1, 0.15) is 10.4 Å². The molecule has 2 aromatic heterocycles. The molecule has 0 aliphatic carbocycles. The third kappa shape index (κ3) is 2.57. The molecule has 0 bridgehead atoms. The van der Waals surface area contributed by atoms with Crippen molar-refractivity contribution in [2.24, 2.45) is 0 Å². The number of benzene rings is 2. The van der Waals surface area contributed by atoms with Crippen LogP contribution >= 0.6 is 11.3 Å². The summed E-state index contributed by atoms with van der Waals surface area (Å²) in [7, 11) is 0. The summed E-state index contributed by atoms with van der Waals surface area (Å²) in [4.78, 5) is 19.8. The van der Waals surface area contributed by atoms with Gasteiger partial charge < -0.3 is 4.98 Å². The predicted octanol–water partition coefficient (Wildman–Crippen LogP) is 4.68. The van der Waals surface area contributed by atoms with Crippen molar-refractivity contribution in [1.29, 1.82) is 0 Å². The van der Waals surface area contributed by atoms with E-state index in [1.165, 1.54) is 23.5 Å². The molecule has 118 valence electrons. The van der Waals surface area contributed by atoms with Crippen molar-refractivity contribution in [3.63, 3.8) is 0 Å². The molecule has 4 aromatic rings. The number of carbonyl (C=O) groups excluding carboxylic acids is 1. The van der Waals surface area contributed by atoms with Crippen LogP contribution in [0.5, 0.6) is 0 Å². The fraction of sp³-hybridized carbons (Fsp3) is 0. The van der Waals surface area contributed by atoms with Gasteiger partial charge in [-0.3, -0.25) is 10.1 Å². The van der Waals surface area contributed by atoms with E-state index in [2.05, 4.69) is 15.3 Å². The first kappa shape index (κ1) is 14.6. The van der Waals surface area contributed by atoms with Gasteiger partial charge in [0.2, 0.25) is 0 Å². The van der Waals surface area contributed by atoms with Gasteiger partial charge in [-0.1, -0.05) is 30.3 Å². The van der Waals surface area contributed by atoms with E-state index in [4.69, 9.17) is 0 Å². The number of rotatable bonds is 3. The highest BCUT2D eigenvalue weighted by molar-refractivity contribution is 7.14. The number of para-hydroxylation sites is 1. The Kier molecular flexibility index (Phi) is 3.59. The quantitative estimate of drug-likeness (QED) is 0.570. The van der Waals surface area contributed by atoms with Crippen molar-refractivity contribution in [3.8, 4) is 11.3 Å². The molecule has 2 N–H and O–H groups in total. The summed E-state index contributed by atoms with van der Waals surface area (Å²) < 4.78 is 13.7. The van der Waals surface area contributed by atoms with Crippen molar-refractivity contribution < 1.29 is 9.18 Å². The number of H-pyrrole nitrogens is 1. The van der Waals surface area contributed by atoms with Crippen LogP contribution in [-0.2, 0) is 0 Å². The maximum atomic E-state index is 13.7. The molecule has 0 aliphatic rings. The lowest BCUT2D eigenvalue weighted by Crippen LogP contribution is -2.13. The number of hydrogen-bond donors (Lipinski definition) is 2. The van der Waals surface area contributed by atoms with Gasteiger partial charge in [0.15, 0.2) is 5.13 Å². The first-order valence-corrected chi connectivity index (χ1v) is 8.18. The van der Waals surface area contributed by atoms with Crippen LogP contribution in [0.3, 0.4) is 0 Å². The zero-order valence-corrected chi connectivity index (χ0v) is 13.2. The minimum atomic E-state index is -0.552. The van der Waals surface area contributed by atoms with Crippen LogP contribution in [0.2, 0.25) is 0 Å². The van der Waals surface area contributed by atoms with Crippen LogP contribution in [0.25, 0.3) is 22.2 Å². The number of amides is 1. The number of carbonyl (C=O) groups is 1. The molecule has 4 rings (SSSR count). The summed E-state index contributed by atoms with van der Waals surface area (Å²) in [6.45, 7) is 0. The first-order chi connectivity index (χ1) is 11.7. The van der Waals surface area contributed by atoms with E-state index in [0.717, 1.165) is 22.2 Å². The van der Waals surface area contributed by atoms with Crippen molar-refractivity contribution in [1.82, 2.24) is 9.97 Å². The highest BCUT2D eigenvalue weighted by atomic mass is 32.1. The van der Waals surface area contributed by atoms with Crippen molar-refractivity contribution in [2.45, 2.75) is 0 Å². The number of halogens is 1. The Labute approximate surface area is 141 Å². The largest absolute Gasteiger partial charge is 0.360 e. The summed E-state index contributed by atoms with van der Waals surface area (Å²) in [6, 6.07) is 13.8. The van der Waals surface area contributed by atoms with Gasteiger partial charge in [-0.2, -0.15) is 0 Å². The number of fused-ring (bicyclic) bond motifs is 1. The number of aromatic nitrogens is 2. The van der Waals surface area contributed by atoms with Gasteiger partial charge in [0.25, 0.3) is 5.91 Å². The lowest BCUT2D eigenvalue weighted by Gasteiger charge is -2.02. The molecule has 0 radical (unpaired) electrons. The van der Waals surface area contributed by atoms with Crippen LogP contribution in [-0.4, -0.2) is 15.9 Å². The van der Waals surface area contributed by atoms with Gasteiger partial charge in [0, 0.05) is 28.0 Å². The Morgan fingerprint density at radius 2 is 1.92 bits per heavy atom. The number of anilines is 1. The normalized spacial score (nSPS) is 10.9. The van der Waals surface area contributed by atoms with Gasteiger partial charge in [-0.05, 0) is 18.2 Å². The topological polar surface area (TPSA) is 57.8 Å². The predicted molar refractivity (Wildman–Crippen MR) is 93.8 cm³/mol. The molecule has 2 heterocycles. The number of aromatic amines is 1. The third-order valence-electron chi connectivity index (χ3n) is 3.71. The molecule has 4 nitrogen and oxygen atoms in total. The average Bonchev–Trinajstić information content (AvgIpc) is 3.21. The van der Waals surface area contributed by atoms with Crippen molar-refractivity contribution in [3.05, 3.63) is 71.5 Å². The van der Waals surface area contributed by atoms with E-state index in [-0.39, 0.29) is 5.56 Å². The first-order valence-electron chi connectivity index (χ1n) is 7.30. The Morgan fingerprint density at radius 3 is 2.79 bits per heavy atom. The number of nitrogens with one attached hydrogen (secondary N) is 2. The molecule has 2 aromatic carbocycles. The molecule has 0 saturated heterocycles. The van der Waals surface area contributed by atoms with E-state index < -0.39 is 11.7 Å². The Balaban J connectivity index is 1.61. The Hall–Kier alpha value is -2.99. The van der Waals surface area contributed by atoms with E-state index in [9.17, 15) is 9.18 Å². The maximum absolute atomic E-state index is 13.7. The van der Waals surface area contributed by atoms with Gasteiger partial charge in [-0.25, -0.2) is 9.37 Å². The number of hydrogen-bond acceptors (Lipinski definition) is 3. The molecule has 0 unspecified atom stereocenters. The van der Waals surface area contributed by atoms with Crippen molar-refractivity contribution >= 4 is 33.3 Å².